The Balaban J connectivity index is 0.00000364. The van der Waals surface area contributed by atoms with Crippen molar-refractivity contribution in [3.63, 3.8) is 0 Å². The van der Waals surface area contributed by atoms with Crippen molar-refractivity contribution in [2.75, 3.05) is 37.4 Å². The number of nitrogens with one attached hydrogen (secondary N) is 1. The Kier molecular flexibility index (Phi) is 10.2. The van der Waals surface area contributed by atoms with Gasteiger partial charge in [-0.15, -0.1) is 12.4 Å². The summed E-state index contributed by atoms with van der Waals surface area (Å²) in [6, 6.07) is 6.93. The molecule has 1 aromatic heterocycles. The topological polar surface area (TPSA) is 109 Å². The smallest absolute Gasteiger partial charge is 0.305 e. The molecule has 2 rings (SSSR count). The van der Waals surface area contributed by atoms with Crippen molar-refractivity contribution < 1.29 is 19.0 Å². The van der Waals surface area contributed by atoms with E-state index < -0.39 is 0 Å². The van der Waals surface area contributed by atoms with Crippen molar-refractivity contribution in [3.05, 3.63) is 35.5 Å². The normalized spacial score (nSPS) is 10.0. The first-order valence-corrected chi connectivity index (χ1v) is 8.49. The second-order valence-corrected chi connectivity index (χ2v) is 5.55. The zero-order chi connectivity index (χ0) is 18.8. The van der Waals surface area contributed by atoms with Crippen molar-refractivity contribution in [2.24, 2.45) is 0 Å². The van der Waals surface area contributed by atoms with Gasteiger partial charge in [0.1, 0.15) is 12.4 Å². The molecule has 0 aliphatic heterocycles. The van der Waals surface area contributed by atoms with Crippen LogP contribution in [0.3, 0.4) is 0 Å². The number of benzene rings is 1. The summed E-state index contributed by atoms with van der Waals surface area (Å²) >= 11 is 5.86. The molecule has 148 valence electrons. The van der Waals surface area contributed by atoms with Crippen LogP contribution in [0, 0.1) is 0 Å². The van der Waals surface area contributed by atoms with E-state index in [2.05, 4.69) is 15.3 Å². The van der Waals surface area contributed by atoms with E-state index in [-0.39, 0.29) is 30.9 Å². The molecule has 0 aliphatic rings. The molecule has 10 heteroatoms. The van der Waals surface area contributed by atoms with Crippen molar-refractivity contribution in [2.45, 2.75) is 13.3 Å². The number of nitrogens with zero attached hydrogens (tertiary/aromatic N) is 2. The van der Waals surface area contributed by atoms with Gasteiger partial charge in [0, 0.05) is 18.0 Å². The zero-order valence-corrected chi connectivity index (χ0v) is 16.4. The Labute approximate surface area is 168 Å². The van der Waals surface area contributed by atoms with Crippen molar-refractivity contribution in [1.82, 2.24) is 9.97 Å². The fourth-order valence-electron chi connectivity index (χ4n) is 1.88. The SMILES string of the molecule is CCC(=O)OCCOCCNc1nc(N)ncc1Oc1ccc(Cl)cc1.Cl. The third-order valence-electron chi connectivity index (χ3n) is 3.13. The maximum atomic E-state index is 11.0. The third-order valence-corrected chi connectivity index (χ3v) is 3.39. The molecular weight excluding hydrogens is 395 g/mol. The van der Waals surface area contributed by atoms with E-state index in [1.54, 1.807) is 31.2 Å². The number of carbonyl (C=O) groups is 1. The number of carbonyl (C=O) groups excluding carboxylic acids is 1. The van der Waals surface area contributed by atoms with Crippen LogP contribution in [0.15, 0.2) is 30.5 Å². The zero-order valence-electron chi connectivity index (χ0n) is 14.8. The Hall–Kier alpha value is -2.29. The third kappa shape index (κ3) is 8.29. The Bertz CT molecular complexity index is 717. The fourth-order valence-corrected chi connectivity index (χ4v) is 2.00. The summed E-state index contributed by atoms with van der Waals surface area (Å²) in [5.74, 6) is 1.36. The second-order valence-electron chi connectivity index (χ2n) is 5.11. The lowest BCUT2D eigenvalue weighted by Crippen LogP contribution is -2.15. The predicted molar refractivity (Wildman–Crippen MR) is 106 cm³/mol. The predicted octanol–water partition coefficient (Wildman–Crippen LogP) is 3.31. The minimum Gasteiger partial charge on any atom is -0.463 e. The summed E-state index contributed by atoms with van der Waals surface area (Å²) in [6.45, 7) is 3.17. The fraction of sp³-hybridized carbons (Fsp3) is 0.353. The highest BCUT2D eigenvalue weighted by molar-refractivity contribution is 6.30. The molecule has 0 saturated carbocycles. The number of hydrogen-bond donors (Lipinski definition) is 2. The summed E-state index contributed by atoms with van der Waals surface area (Å²) in [7, 11) is 0. The van der Waals surface area contributed by atoms with Crippen molar-refractivity contribution >= 4 is 41.7 Å². The average molecular weight is 417 g/mol. The molecule has 0 atom stereocenters. The molecule has 0 bridgehead atoms. The van der Waals surface area contributed by atoms with Gasteiger partial charge in [0.2, 0.25) is 5.95 Å². The van der Waals surface area contributed by atoms with Crippen LogP contribution < -0.4 is 15.8 Å². The number of hydrogen-bond acceptors (Lipinski definition) is 8. The molecule has 8 nitrogen and oxygen atoms in total. The van der Waals surface area contributed by atoms with Gasteiger partial charge < -0.3 is 25.3 Å². The van der Waals surface area contributed by atoms with Crippen LogP contribution in [0.2, 0.25) is 5.02 Å². The molecule has 0 aliphatic carbocycles. The molecule has 0 radical (unpaired) electrons. The first kappa shape index (κ1) is 22.8. The van der Waals surface area contributed by atoms with Crippen LogP contribution in [0.4, 0.5) is 11.8 Å². The molecule has 2 aromatic rings. The van der Waals surface area contributed by atoms with Gasteiger partial charge in [0.05, 0.1) is 19.4 Å². The van der Waals surface area contributed by atoms with Crippen molar-refractivity contribution in [3.8, 4) is 11.5 Å². The highest BCUT2D eigenvalue weighted by Crippen LogP contribution is 2.28. The molecule has 0 unspecified atom stereocenters. The van der Waals surface area contributed by atoms with Gasteiger partial charge in [-0.2, -0.15) is 4.98 Å². The van der Waals surface area contributed by atoms with E-state index in [0.717, 1.165) is 0 Å². The summed E-state index contributed by atoms with van der Waals surface area (Å²) < 4.78 is 16.1. The number of aromatic nitrogens is 2. The summed E-state index contributed by atoms with van der Waals surface area (Å²) in [5, 5.41) is 3.70. The lowest BCUT2D eigenvalue weighted by atomic mass is 10.3. The molecule has 0 saturated heterocycles. The van der Waals surface area contributed by atoms with E-state index in [1.165, 1.54) is 6.20 Å². The number of rotatable bonds is 10. The van der Waals surface area contributed by atoms with Gasteiger partial charge in [-0.1, -0.05) is 18.5 Å². The van der Waals surface area contributed by atoms with Crippen LogP contribution in [0.25, 0.3) is 0 Å². The van der Waals surface area contributed by atoms with E-state index in [1.807, 2.05) is 0 Å². The quantitative estimate of drug-likeness (QED) is 0.448. The number of nitrogen functional groups attached to an aromatic ring is 1. The molecule has 0 spiro atoms. The molecular formula is C17H22Cl2N4O4. The summed E-state index contributed by atoms with van der Waals surface area (Å²) in [6.07, 6.45) is 1.84. The lowest BCUT2D eigenvalue weighted by Gasteiger charge is -2.12. The van der Waals surface area contributed by atoms with Gasteiger partial charge in [0.15, 0.2) is 11.6 Å². The second kappa shape index (κ2) is 12.2. The molecule has 1 aromatic carbocycles. The van der Waals surface area contributed by atoms with Crippen LogP contribution in [0.5, 0.6) is 11.5 Å². The summed E-state index contributed by atoms with van der Waals surface area (Å²) in [5.41, 5.74) is 5.64. The molecule has 27 heavy (non-hydrogen) atoms. The van der Waals surface area contributed by atoms with Gasteiger partial charge in [-0.3, -0.25) is 4.79 Å². The Morgan fingerprint density at radius 1 is 1.22 bits per heavy atom. The van der Waals surface area contributed by atoms with Gasteiger partial charge >= 0.3 is 5.97 Å². The van der Waals surface area contributed by atoms with E-state index in [4.69, 9.17) is 31.5 Å². The van der Waals surface area contributed by atoms with E-state index in [0.29, 0.717) is 48.5 Å². The van der Waals surface area contributed by atoms with Gasteiger partial charge in [0.25, 0.3) is 0 Å². The number of nitrogens with two attached hydrogens (primary N) is 1. The van der Waals surface area contributed by atoms with Crippen LogP contribution >= 0.6 is 24.0 Å². The number of ether oxygens (including phenoxy) is 3. The molecule has 3 N–H and O–H groups in total. The first-order chi connectivity index (χ1) is 12.6. The van der Waals surface area contributed by atoms with E-state index >= 15 is 0 Å². The first-order valence-electron chi connectivity index (χ1n) is 8.11. The standard InChI is InChI=1S/C17H21ClN4O4.ClH/c1-2-15(23)25-10-9-24-8-7-20-16-14(11-21-17(19)22-16)26-13-5-3-12(18)4-6-13;/h3-6,11H,2,7-10H2,1H3,(H3,19,20,21,22);1H. The lowest BCUT2D eigenvalue weighted by molar-refractivity contribution is -0.144. The molecule has 0 fully saturated rings. The maximum absolute atomic E-state index is 11.0. The summed E-state index contributed by atoms with van der Waals surface area (Å²) in [4.78, 5) is 19.1. The number of halogens is 2. The van der Waals surface area contributed by atoms with Gasteiger partial charge in [-0.05, 0) is 24.3 Å². The maximum Gasteiger partial charge on any atom is 0.305 e. The number of esters is 1. The van der Waals surface area contributed by atoms with Crippen LogP contribution in [-0.4, -0.2) is 42.3 Å². The number of anilines is 2. The highest BCUT2D eigenvalue weighted by atomic mass is 35.5. The average Bonchev–Trinajstić information content (AvgIpc) is 2.64. The Morgan fingerprint density at radius 3 is 2.67 bits per heavy atom. The minimum atomic E-state index is -0.243. The monoisotopic (exact) mass is 416 g/mol. The van der Waals surface area contributed by atoms with Gasteiger partial charge in [-0.25, -0.2) is 4.98 Å². The largest absolute Gasteiger partial charge is 0.463 e. The molecule has 1 heterocycles. The van der Waals surface area contributed by atoms with Crippen molar-refractivity contribution in [1.29, 1.82) is 0 Å². The minimum absolute atomic E-state index is 0. The van der Waals surface area contributed by atoms with Crippen LogP contribution in [-0.2, 0) is 14.3 Å². The highest BCUT2D eigenvalue weighted by Gasteiger charge is 2.08. The van der Waals surface area contributed by atoms with E-state index in [9.17, 15) is 4.79 Å². The van der Waals surface area contributed by atoms with Crippen LogP contribution in [0.1, 0.15) is 13.3 Å². The molecule has 0 amide bonds. The Morgan fingerprint density at radius 2 is 1.96 bits per heavy atom.